The van der Waals surface area contributed by atoms with Gasteiger partial charge in [0.2, 0.25) is 0 Å². The lowest BCUT2D eigenvalue weighted by molar-refractivity contribution is -0.0658. The standard InChI is InChI=1S/C13H21NO4/c1-7-10(15)9-8-17-13(5,6)14(9)11(16)18-12(2,3)4/h1,9-10,15H,8H2,2-6H3/t9-,10+/m1/s1. The van der Waals surface area contributed by atoms with Gasteiger partial charge in [-0.1, -0.05) is 5.92 Å². The molecule has 0 bridgehead atoms. The summed E-state index contributed by atoms with van der Waals surface area (Å²) in [4.78, 5) is 13.5. The van der Waals surface area contributed by atoms with Crippen molar-refractivity contribution in [1.82, 2.24) is 4.90 Å². The quantitative estimate of drug-likeness (QED) is 0.719. The van der Waals surface area contributed by atoms with Gasteiger partial charge >= 0.3 is 6.09 Å². The van der Waals surface area contributed by atoms with E-state index in [1.807, 2.05) is 0 Å². The molecule has 1 amide bonds. The van der Waals surface area contributed by atoms with Crippen molar-refractivity contribution in [2.75, 3.05) is 6.61 Å². The average molecular weight is 255 g/mol. The van der Waals surface area contributed by atoms with Crippen LogP contribution in [0, 0.1) is 12.3 Å². The lowest BCUT2D eigenvalue weighted by Gasteiger charge is -2.35. The highest BCUT2D eigenvalue weighted by Crippen LogP contribution is 2.30. The molecule has 1 N–H and O–H groups in total. The highest BCUT2D eigenvalue weighted by molar-refractivity contribution is 5.70. The minimum Gasteiger partial charge on any atom is -0.444 e. The molecular weight excluding hydrogens is 234 g/mol. The molecule has 1 saturated heterocycles. The Kier molecular flexibility index (Phi) is 3.94. The predicted octanol–water partition coefficient (Wildman–Crippen LogP) is 1.35. The number of nitrogens with zero attached hydrogens (tertiary/aromatic N) is 1. The summed E-state index contributed by atoms with van der Waals surface area (Å²) >= 11 is 0. The molecule has 5 heteroatoms. The second-order valence-electron chi connectivity index (χ2n) is 5.79. The molecule has 1 rings (SSSR count). The van der Waals surface area contributed by atoms with Crippen LogP contribution in [-0.2, 0) is 9.47 Å². The van der Waals surface area contributed by atoms with E-state index in [1.165, 1.54) is 4.90 Å². The maximum Gasteiger partial charge on any atom is 0.413 e. The van der Waals surface area contributed by atoms with Gasteiger partial charge in [-0.05, 0) is 34.6 Å². The fourth-order valence-corrected chi connectivity index (χ4v) is 1.84. The molecule has 102 valence electrons. The summed E-state index contributed by atoms with van der Waals surface area (Å²) in [6.45, 7) is 9.00. The fourth-order valence-electron chi connectivity index (χ4n) is 1.84. The van der Waals surface area contributed by atoms with Crippen molar-refractivity contribution in [1.29, 1.82) is 0 Å². The number of amides is 1. The number of ether oxygens (including phenoxy) is 2. The molecule has 0 aromatic carbocycles. The number of carbonyl (C=O) groups is 1. The Morgan fingerprint density at radius 3 is 2.61 bits per heavy atom. The highest BCUT2D eigenvalue weighted by Gasteiger charge is 2.48. The van der Waals surface area contributed by atoms with Crippen molar-refractivity contribution in [3.05, 3.63) is 0 Å². The molecule has 0 aromatic rings. The summed E-state index contributed by atoms with van der Waals surface area (Å²) in [5, 5.41) is 9.74. The highest BCUT2D eigenvalue weighted by atomic mass is 16.6. The van der Waals surface area contributed by atoms with Crippen LogP contribution in [0.4, 0.5) is 4.79 Å². The number of terminal acetylenes is 1. The summed E-state index contributed by atoms with van der Waals surface area (Å²) in [6, 6.07) is -0.583. The number of hydrogen-bond donors (Lipinski definition) is 1. The van der Waals surface area contributed by atoms with E-state index < -0.39 is 29.6 Å². The molecule has 2 atom stereocenters. The van der Waals surface area contributed by atoms with Crippen molar-refractivity contribution in [2.24, 2.45) is 0 Å². The summed E-state index contributed by atoms with van der Waals surface area (Å²) < 4.78 is 10.8. The normalized spacial score (nSPS) is 24.5. The molecule has 1 aliphatic heterocycles. The summed E-state index contributed by atoms with van der Waals surface area (Å²) in [5.74, 6) is 2.22. The molecule has 5 nitrogen and oxygen atoms in total. The average Bonchev–Trinajstić information content (AvgIpc) is 2.50. The SMILES string of the molecule is C#C[C@H](O)[C@H]1COC(C)(C)N1C(=O)OC(C)(C)C. The molecule has 0 saturated carbocycles. The van der Waals surface area contributed by atoms with Crippen molar-refractivity contribution < 1.29 is 19.4 Å². The zero-order chi connectivity index (χ0) is 14.1. The van der Waals surface area contributed by atoms with E-state index in [-0.39, 0.29) is 6.61 Å². The van der Waals surface area contributed by atoms with Gasteiger partial charge in [-0.3, -0.25) is 4.90 Å². The minimum atomic E-state index is -1.07. The van der Waals surface area contributed by atoms with Crippen LogP contribution in [0.5, 0.6) is 0 Å². The van der Waals surface area contributed by atoms with Gasteiger partial charge < -0.3 is 14.6 Å². The first-order valence-electron chi connectivity index (χ1n) is 5.89. The maximum absolute atomic E-state index is 12.2. The molecule has 1 heterocycles. The van der Waals surface area contributed by atoms with E-state index in [0.29, 0.717) is 0 Å². The number of hydrogen-bond acceptors (Lipinski definition) is 4. The Balaban J connectivity index is 2.93. The van der Waals surface area contributed by atoms with Crippen molar-refractivity contribution in [3.8, 4) is 12.3 Å². The first-order valence-corrected chi connectivity index (χ1v) is 5.89. The monoisotopic (exact) mass is 255 g/mol. The second-order valence-corrected chi connectivity index (χ2v) is 5.79. The smallest absolute Gasteiger partial charge is 0.413 e. The van der Waals surface area contributed by atoms with Crippen LogP contribution < -0.4 is 0 Å². The Morgan fingerprint density at radius 2 is 2.17 bits per heavy atom. The maximum atomic E-state index is 12.2. The van der Waals surface area contributed by atoms with Gasteiger partial charge in [0.1, 0.15) is 17.4 Å². The van der Waals surface area contributed by atoms with Crippen LogP contribution in [0.2, 0.25) is 0 Å². The summed E-state index contributed by atoms with van der Waals surface area (Å²) in [7, 11) is 0. The Morgan fingerprint density at radius 1 is 1.61 bits per heavy atom. The summed E-state index contributed by atoms with van der Waals surface area (Å²) in [5.41, 5.74) is -1.45. The van der Waals surface area contributed by atoms with Crippen molar-refractivity contribution in [3.63, 3.8) is 0 Å². The van der Waals surface area contributed by atoms with E-state index in [2.05, 4.69) is 5.92 Å². The van der Waals surface area contributed by atoms with Gasteiger partial charge in [0.15, 0.2) is 0 Å². The Labute approximate surface area is 108 Å². The predicted molar refractivity (Wildman–Crippen MR) is 66.7 cm³/mol. The van der Waals surface area contributed by atoms with Gasteiger partial charge in [-0.2, -0.15) is 0 Å². The third-order valence-corrected chi connectivity index (χ3v) is 2.64. The van der Waals surface area contributed by atoms with Gasteiger partial charge in [-0.15, -0.1) is 6.42 Å². The third-order valence-electron chi connectivity index (χ3n) is 2.64. The molecule has 0 spiro atoms. The van der Waals surface area contributed by atoms with E-state index in [0.717, 1.165) is 0 Å². The topological polar surface area (TPSA) is 59.0 Å². The van der Waals surface area contributed by atoms with Gasteiger partial charge in [-0.25, -0.2) is 4.79 Å². The minimum absolute atomic E-state index is 0.192. The Hall–Kier alpha value is -1.25. The lowest BCUT2D eigenvalue weighted by atomic mass is 10.1. The van der Waals surface area contributed by atoms with E-state index in [9.17, 15) is 9.90 Å². The number of rotatable bonds is 1. The van der Waals surface area contributed by atoms with E-state index >= 15 is 0 Å². The summed E-state index contributed by atoms with van der Waals surface area (Å²) in [6.07, 6.45) is 3.59. The third kappa shape index (κ3) is 3.15. The molecule has 1 aliphatic rings. The van der Waals surface area contributed by atoms with Crippen LogP contribution in [0.25, 0.3) is 0 Å². The van der Waals surface area contributed by atoms with Gasteiger partial charge in [0, 0.05) is 0 Å². The van der Waals surface area contributed by atoms with E-state index in [4.69, 9.17) is 15.9 Å². The molecule has 0 unspecified atom stereocenters. The number of carbonyl (C=O) groups excluding carboxylic acids is 1. The zero-order valence-corrected chi connectivity index (χ0v) is 11.6. The van der Waals surface area contributed by atoms with Crippen LogP contribution >= 0.6 is 0 Å². The zero-order valence-electron chi connectivity index (χ0n) is 11.6. The fraction of sp³-hybridized carbons (Fsp3) is 0.769. The molecule has 0 aromatic heterocycles. The number of aliphatic hydroxyl groups excluding tert-OH is 1. The molecule has 0 radical (unpaired) electrons. The van der Waals surface area contributed by atoms with Crippen molar-refractivity contribution >= 4 is 6.09 Å². The molecule has 18 heavy (non-hydrogen) atoms. The molecular formula is C13H21NO4. The largest absolute Gasteiger partial charge is 0.444 e. The second kappa shape index (κ2) is 4.79. The molecule has 0 aliphatic carbocycles. The van der Waals surface area contributed by atoms with Crippen LogP contribution in [0.3, 0.4) is 0 Å². The van der Waals surface area contributed by atoms with Crippen molar-refractivity contribution in [2.45, 2.75) is 58.1 Å². The van der Waals surface area contributed by atoms with E-state index in [1.54, 1.807) is 34.6 Å². The van der Waals surface area contributed by atoms with Gasteiger partial charge in [0.25, 0.3) is 0 Å². The van der Waals surface area contributed by atoms with Crippen LogP contribution in [0.1, 0.15) is 34.6 Å². The van der Waals surface area contributed by atoms with Gasteiger partial charge in [0.05, 0.1) is 12.6 Å². The first kappa shape index (κ1) is 14.8. The van der Waals surface area contributed by atoms with Crippen LogP contribution in [-0.4, -0.2) is 46.2 Å². The Bertz CT molecular complexity index is 364. The molecule has 1 fully saturated rings. The number of aliphatic hydroxyl groups is 1. The first-order chi connectivity index (χ1) is 8.08. The van der Waals surface area contributed by atoms with Crippen LogP contribution in [0.15, 0.2) is 0 Å². The lowest BCUT2D eigenvalue weighted by Crippen LogP contribution is -2.53.